The van der Waals surface area contributed by atoms with Crippen LogP contribution >= 0.6 is 23.2 Å². The zero-order chi connectivity index (χ0) is 12.3. The van der Waals surface area contributed by atoms with Gasteiger partial charge in [-0.1, -0.05) is 35.7 Å². The highest BCUT2D eigenvalue weighted by atomic mass is 35.5. The maximum atomic E-state index is 6.22. The van der Waals surface area contributed by atoms with Crippen LogP contribution in [0.4, 0.5) is 0 Å². The summed E-state index contributed by atoms with van der Waals surface area (Å²) >= 11 is 12.0. The number of nitrogens with zero attached hydrogens (tertiary/aromatic N) is 1. The monoisotopic (exact) mass is 272 g/mol. The lowest BCUT2D eigenvalue weighted by molar-refractivity contribution is 0.165. The first kappa shape index (κ1) is 13.2. The van der Waals surface area contributed by atoms with Crippen LogP contribution in [0.1, 0.15) is 24.8 Å². The number of hydrogen-bond acceptors (Lipinski definition) is 2. The fourth-order valence-electron chi connectivity index (χ4n) is 2.29. The summed E-state index contributed by atoms with van der Waals surface area (Å²) in [6, 6.07) is 5.61. The first-order valence-corrected chi connectivity index (χ1v) is 6.86. The van der Waals surface area contributed by atoms with E-state index in [0.717, 1.165) is 25.1 Å². The van der Waals surface area contributed by atoms with E-state index in [-0.39, 0.29) is 6.17 Å². The van der Waals surface area contributed by atoms with Crippen LogP contribution in [0, 0.1) is 0 Å². The van der Waals surface area contributed by atoms with Gasteiger partial charge in [-0.15, -0.1) is 0 Å². The van der Waals surface area contributed by atoms with Gasteiger partial charge in [0.05, 0.1) is 6.17 Å². The summed E-state index contributed by atoms with van der Waals surface area (Å²) in [4.78, 5) is 2.34. The van der Waals surface area contributed by atoms with Crippen molar-refractivity contribution in [1.82, 2.24) is 4.90 Å². The average molecular weight is 273 g/mol. The highest BCUT2D eigenvalue weighted by molar-refractivity contribution is 6.35. The molecule has 0 saturated carbocycles. The van der Waals surface area contributed by atoms with Crippen LogP contribution in [0.3, 0.4) is 0 Å². The minimum absolute atomic E-state index is 0.0639. The number of hydrogen-bond donors (Lipinski definition) is 1. The number of benzene rings is 1. The lowest BCUT2D eigenvalue weighted by Gasteiger charge is -2.32. The molecular formula is C13H18Cl2N2. The summed E-state index contributed by atoms with van der Waals surface area (Å²) < 4.78 is 0. The van der Waals surface area contributed by atoms with Crippen LogP contribution in [0.25, 0.3) is 0 Å². The highest BCUT2D eigenvalue weighted by Crippen LogP contribution is 2.23. The number of piperidine rings is 1. The van der Waals surface area contributed by atoms with E-state index in [1.54, 1.807) is 6.07 Å². The smallest absolute Gasteiger partial charge is 0.0613 e. The van der Waals surface area contributed by atoms with E-state index in [9.17, 15) is 0 Å². The van der Waals surface area contributed by atoms with Crippen molar-refractivity contribution in [3.05, 3.63) is 33.8 Å². The Labute approximate surface area is 113 Å². The van der Waals surface area contributed by atoms with Crippen LogP contribution in [0.2, 0.25) is 10.0 Å². The normalized spacial score (nSPS) is 19.2. The second-order valence-electron chi connectivity index (χ2n) is 4.60. The molecule has 1 aliphatic heterocycles. The fraction of sp³-hybridized carbons (Fsp3) is 0.538. The van der Waals surface area contributed by atoms with Gasteiger partial charge in [-0.25, -0.2) is 0 Å². The van der Waals surface area contributed by atoms with E-state index in [0.29, 0.717) is 10.0 Å². The van der Waals surface area contributed by atoms with Crippen LogP contribution in [0.15, 0.2) is 18.2 Å². The molecule has 0 aromatic heterocycles. The fourth-order valence-corrected chi connectivity index (χ4v) is 2.78. The molecule has 0 spiro atoms. The second-order valence-corrected chi connectivity index (χ2v) is 5.45. The summed E-state index contributed by atoms with van der Waals surface area (Å²) in [6.07, 6.45) is 4.68. The maximum absolute atomic E-state index is 6.22. The molecule has 0 amide bonds. The number of halogens is 2. The van der Waals surface area contributed by atoms with Crippen LogP contribution in [-0.2, 0) is 6.42 Å². The van der Waals surface area contributed by atoms with Gasteiger partial charge in [0.2, 0.25) is 0 Å². The van der Waals surface area contributed by atoms with Crippen LogP contribution < -0.4 is 5.73 Å². The van der Waals surface area contributed by atoms with E-state index in [1.807, 2.05) is 12.1 Å². The molecule has 2 rings (SSSR count). The summed E-state index contributed by atoms with van der Waals surface area (Å²) in [6.45, 7) is 2.21. The molecule has 1 heterocycles. The molecule has 1 unspecified atom stereocenters. The van der Waals surface area contributed by atoms with Crippen molar-refractivity contribution in [3.63, 3.8) is 0 Å². The zero-order valence-corrected chi connectivity index (χ0v) is 11.3. The lowest BCUT2D eigenvalue weighted by atomic mass is 10.1. The molecule has 1 atom stereocenters. The topological polar surface area (TPSA) is 29.3 Å². The summed E-state index contributed by atoms with van der Waals surface area (Å²) in [5, 5.41) is 1.38. The van der Waals surface area contributed by atoms with Gasteiger partial charge in [0.15, 0.2) is 0 Å². The van der Waals surface area contributed by atoms with Crippen molar-refractivity contribution >= 4 is 23.2 Å². The Bertz CT molecular complexity index is 376. The molecular weight excluding hydrogens is 255 g/mol. The standard InChI is InChI=1S/C13H18Cl2N2/c14-11-5-4-10(12(15)9-11)8-13(16)17-6-2-1-3-7-17/h4-5,9,13H,1-3,6-8,16H2. The summed E-state index contributed by atoms with van der Waals surface area (Å²) in [5.74, 6) is 0. The predicted molar refractivity (Wildman–Crippen MR) is 73.6 cm³/mol. The third-order valence-electron chi connectivity index (χ3n) is 3.30. The molecule has 1 saturated heterocycles. The molecule has 4 heteroatoms. The lowest BCUT2D eigenvalue weighted by Crippen LogP contribution is -2.46. The van der Waals surface area contributed by atoms with Gasteiger partial charge in [0.1, 0.15) is 0 Å². The van der Waals surface area contributed by atoms with Gasteiger partial charge in [0.25, 0.3) is 0 Å². The van der Waals surface area contributed by atoms with Crippen molar-refractivity contribution in [2.24, 2.45) is 5.73 Å². The van der Waals surface area contributed by atoms with Crippen LogP contribution in [0.5, 0.6) is 0 Å². The second kappa shape index (κ2) is 6.05. The van der Waals surface area contributed by atoms with Gasteiger partial charge >= 0.3 is 0 Å². The third kappa shape index (κ3) is 3.59. The molecule has 0 radical (unpaired) electrons. The van der Waals surface area contributed by atoms with Crippen molar-refractivity contribution in [2.45, 2.75) is 31.8 Å². The average Bonchev–Trinajstić information content (AvgIpc) is 2.34. The van der Waals surface area contributed by atoms with Gasteiger partial charge in [0, 0.05) is 16.5 Å². The van der Waals surface area contributed by atoms with Gasteiger partial charge in [-0.2, -0.15) is 0 Å². The number of nitrogens with two attached hydrogens (primary N) is 1. The van der Waals surface area contributed by atoms with Crippen LogP contribution in [-0.4, -0.2) is 24.2 Å². The molecule has 94 valence electrons. The molecule has 17 heavy (non-hydrogen) atoms. The van der Waals surface area contributed by atoms with Gasteiger partial charge in [-0.3, -0.25) is 4.90 Å². The Hall–Kier alpha value is -0.280. The zero-order valence-electron chi connectivity index (χ0n) is 9.83. The van der Waals surface area contributed by atoms with Gasteiger partial charge in [-0.05, 0) is 43.6 Å². The first-order chi connectivity index (χ1) is 8.16. The van der Waals surface area contributed by atoms with Crippen molar-refractivity contribution in [1.29, 1.82) is 0 Å². The Kier molecular flexibility index (Phi) is 4.69. The number of likely N-dealkylation sites (tertiary alicyclic amines) is 1. The molecule has 1 aromatic carbocycles. The third-order valence-corrected chi connectivity index (χ3v) is 3.89. The van der Waals surface area contributed by atoms with E-state index in [2.05, 4.69) is 4.90 Å². The van der Waals surface area contributed by atoms with E-state index < -0.39 is 0 Å². The van der Waals surface area contributed by atoms with Gasteiger partial charge < -0.3 is 5.73 Å². The van der Waals surface area contributed by atoms with Crippen molar-refractivity contribution in [2.75, 3.05) is 13.1 Å². The van der Waals surface area contributed by atoms with Crippen molar-refractivity contribution < 1.29 is 0 Å². The first-order valence-electron chi connectivity index (χ1n) is 6.10. The molecule has 0 aliphatic carbocycles. The molecule has 2 N–H and O–H groups in total. The summed E-state index contributed by atoms with van der Waals surface area (Å²) in [5.41, 5.74) is 7.30. The Balaban J connectivity index is 1.99. The predicted octanol–water partition coefficient (Wildman–Crippen LogP) is 3.31. The molecule has 1 fully saturated rings. The van der Waals surface area contributed by atoms with E-state index >= 15 is 0 Å². The Morgan fingerprint density at radius 3 is 2.53 bits per heavy atom. The highest BCUT2D eigenvalue weighted by Gasteiger charge is 2.18. The Morgan fingerprint density at radius 1 is 1.18 bits per heavy atom. The van der Waals surface area contributed by atoms with E-state index in [4.69, 9.17) is 28.9 Å². The van der Waals surface area contributed by atoms with E-state index in [1.165, 1.54) is 19.3 Å². The SMILES string of the molecule is NC(Cc1ccc(Cl)cc1Cl)N1CCCCC1. The molecule has 1 aliphatic rings. The Morgan fingerprint density at radius 2 is 1.88 bits per heavy atom. The molecule has 1 aromatic rings. The van der Waals surface area contributed by atoms with Crippen molar-refractivity contribution in [3.8, 4) is 0 Å². The molecule has 0 bridgehead atoms. The summed E-state index contributed by atoms with van der Waals surface area (Å²) in [7, 11) is 0. The maximum Gasteiger partial charge on any atom is 0.0613 e. The minimum atomic E-state index is 0.0639. The largest absolute Gasteiger partial charge is 0.315 e. The minimum Gasteiger partial charge on any atom is -0.315 e. The molecule has 2 nitrogen and oxygen atoms in total. The number of rotatable bonds is 3. The quantitative estimate of drug-likeness (QED) is 0.915.